The summed E-state index contributed by atoms with van der Waals surface area (Å²) in [5.41, 5.74) is 2.67. The standard InChI is InChI=1S/C25H29BrN8O3S/c1-25(23(35)27-2)8-6-17(13-25)31-24-29-14-19-21(26)33-34(22(19)32-24)18-11-15-5-4-9-28-20(15)16(12-18)7-10-30-38(3,36)37/h4-5,9,11-12,14,17,30H,6-8,10,13H2,1-3H3,(H,27,35)(H,29,31,32)/t17-,25-/m1/s1. The third-order valence-corrected chi connectivity index (χ3v) is 8.32. The van der Waals surface area contributed by atoms with Gasteiger partial charge in [0.25, 0.3) is 0 Å². The van der Waals surface area contributed by atoms with E-state index < -0.39 is 15.4 Å². The van der Waals surface area contributed by atoms with Crippen molar-refractivity contribution in [1.29, 1.82) is 0 Å². The molecule has 3 N–H and O–H groups in total. The second-order valence-electron chi connectivity index (χ2n) is 9.95. The number of anilines is 1. The number of pyridine rings is 1. The number of nitrogens with one attached hydrogen (secondary N) is 3. The molecule has 0 spiro atoms. The molecule has 200 valence electrons. The van der Waals surface area contributed by atoms with Crippen LogP contribution < -0.4 is 15.4 Å². The van der Waals surface area contributed by atoms with Crippen molar-refractivity contribution >= 4 is 59.7 Å². The molecule has 1 fully saturated rings. The van der Waals surface area contributed by atoms with Crippen LogP contribution in [0.15, 0.2) is 41.3 Å². The van der Waals surface area contributed by atoms with E-state index in [9.17, 15) is 13.2 Å². The van der Waals surface area contributed by atoms with Gasteiger partial charge in [0.15, 0.2) is 5.65 Å². The number of hydrogen-bond acceptors (Lipinski definition) is 8. The molecule has 0 unspecified atom stereocenters. The SMILES string of the molecule is CNC(=O)[C@]1(C)CC[C@@H](Nc2ncc3c(Br)nn(-c4cc(CCNS(C)(=O)=O)c5ncccc5c4)c3n2)C1. The fourth-order valence-electron chi connectivity index (χ4n) is 5.11. The number of benzene rings is 1. The van der Waals surface area contributed by atoms with Gasteiger partial charge >= 0.3 is 0 Å². The van der Waals surface area contributed by atoms with Crippen molar-refractivity contribution in [3.8, 4) is 5.69 Å². The maximum absolute atomic E-state index is 12.3. The fraction of sp³-hybridized carbons (Fsp3) is 0.400. The van der Waals surface area contributed by atoms with Gasteiger partial charge in [0, 0.05) is 42.8 Å². The third kappa shape index (κ3) is 5.36. The molecule has 5 rings (SSSR count). The number of carbonyl (C=O) groups is 1. The minimum atomic E-state index is -3.30. The molecular weight excluding hydrogens is 572 g/mol. The second kappa shape index (κ2) is 10.2. The maximum Gasteiger partial charge on any atom is 0.225 e. The van der Waals surface area contributed by atoms with Crippen LogP contribution in [0.4, 0.5) is 5.95 Å². The number of nitrogens with zero attached hydrogens (tertiary/aromatic N) is 5. The number of carbonyl (C=O) groups excluding carboxylic acids is 1. The molecule has 2 atom stereocenters. The van der Waals surface area contributed by atoms with E-state index in [4.69, 9.17) is 4.98 Å². The van der Waals surface area contributed by atoms with Crippen molar-refractivity contribution in [2.45, 2.75) is 38.6 Å². The molecule has 1 saturated carbocycles. The average molecular weight is 602 g/mol. The normalized spacial score (nSPS) is 19.7. The molecule has 1 amide bonds. The van der Waals surface area contributed by atoms with Gasteiger partial charge in [0.2, 0.25) is 21.9 Å². The van der Waals surface area contributed by atoms with E-state index in [1.807, 2.05) is 31.2 Å². The second-order valence-corrected chi connectivity index (χ2v) is 12.5. The van der Waals surface area contributed by atoms with E-state index in [0.29, 0.717) is 29.0 Å². The van der Waals surface area contributed by atoms with Gasteiger partial charge in [-0.3, -0.25) is 9.78 Å². The lowest BCUT2D eigenvalue weighted by molar-refractivity contribution is -0.129. The van der Waals surface area contributed by atoms with E-state index in [-0.39, 0.29) is 18.5 Å². The first-order chi connectivity index (χ1) is 18.1. The fourth-order valence-corrected chi connectivity index (χ4v) is 6.02. The first-order valence-corrected chi connectivity index (χ1v) is 15.0. The maximum atomic E-state index is 12.3. The molecule has 38 heavy (non-hydrogen) atoms. The van der Waals surface area contributed by atoms with Crippen LogP contribution in [0.2, 0.25) is 0 Å². The lowest BCUT2D eigenvalue weighted by Gasteiger charge is -2.22. The van der Waals surface area contributed by atoms with Gasteiger partial charge in [-0.15, -0.1) is 0 Å². The summed E-state index contributed by atoms with van der Waals surface area (Å²) in [7, 11) is -1.64. The Hall–Kier alpha value is -3.16. The number of fused-ring (bicyclic) bond motifs is 2. The zero-order valence-electron chi connectivity index (χ0n) is 21.3. The molecule has 0 aliphatic heterocycles. The van der Waals surface area contributed by atoms with E-state index in [1.54, 1.807) is 24.1 Å². The lowest BCUT2D eigenvalue weighted by atomic mass is 9.87. The smallest absolute Gasteiger partial charge is 0.225 e. The molecule has 4 aromatic rings. The minimum absolute atomic E-state index is 0.0495. The van der Waals surface area contributed by atoms with Gasteiger partial charge in [-0.2, -0.15) is 10.1 Å². The Morgan fingerprint density at radius 3 is 2.87 bits per heavy atom. The van der Waals surface area contributed by atoms with Crippen molar-refractivity contribution in [3.05, 3.63) is 46.8 Å². The van der Waals surface area contributed by atoms with Gasteiger partial charge < -0.3 is 10.6 Å². The molecule has 13 heteroatoms. The summed E-state index contributed by atoms with van der Waals surface area (Å²) in [4.78, 5) is 26.1. The highest BCUT2D eigenvalue weighted by Crippen LogP contribution is 2.39. The number of rotatable bonds is 8. The van der Waals surface area contributed by atoms with Crippen LogP contribution in [-0.2, 0) is 21.2 Å². The monoisotopic (exact) mass is 600 g/mol. The van der Waals surface area contributed by atoms with Crippen LogP contribution in [0.1, 0.15) is 31.7 Å². The number of sulfonamides is 1. The Morgan fingerprint density at radius 2 is 2.11 bits per heavy atom. The molecule has 0 bridgehead atoms. The Kier molecular flexibility index (Phi) is 7.09. The van der Waals surface area contributed by atoms with Gasteiger partial charge in [0.05, 0.1) is 22.8 Å². The largest absolute Gasteiger partial charge is 0.359 e. The number of halogens is 1. The summed E-state index contributed by atoms with van der Waals surface area (Å²) in [6, 6.07) is 7.84. The van der Waals surface area contributed by atoms with Crippen LogP contribution in [0, 0.1) is 5.41 Å². The summed E-state index contributed by atoms with van der Waals surface area (Å²) in [6.07, 6.45) is 7.38. The molecule has 1 aromatic carbocycles. The van der Waals surface area contributed by atoms with Gasteiger partial charge in [-0.1, -0.05) is 13.0 Å². The lowest BCUT2D eigenvalue weighted by Crippen LogP contribution is -2.35. The first-order valence-electron chi connectivity index (χ1n) is 12.3. The Bertz CT molecular complexity index is 1640. The number of hydrogen-bond donors (Lipinski definition) is 3. The summed E-state index contributed by atoms with van der Waals surface area (Å²) < 4.78 is 28.1. The topological polar surface area (TPSA) is 144 Å². The van der Waals surface area contributed by atoms with E-state index >= 15 is 0 Å². The van der Waals surface area contributed by atoms with Crippen molar-refractivity contribution in [2.24, 2.45) is 5.41 Å². The minimum Gasteiger partial charge on any atom is -0.359 e. The predicted octanol–water partition coefficient (Wildman–Crippen LogP) is 2.93. The predicted molar refractivity (Wildman–Crippen MR) is 150 cm³/mol. The summed E-state index contributed by atoms with van der Waals surface area (Å²) >= 11 is 3.53. The molecule has 0 radical (unpaired) electrons. The molecule has 11 nitrogen and oxygen atoms in total. The highest BCUT2D eigenvalue weighted by atomic mass is 79.9. The zero-order valence-corrected chi connectivity index (χ0v) is 23.7. The highest BCUT2D eigenvalue weighted by Gasteiger charge is 2.41. The first kappa shape index (κ1) is 26.4. The zero-order chi connectivity index (χ0) is 27.1. The average Bonchev–Trinajstić information content (AvgIpc) is 3.42. The van der Waals surface area contributed by atoms with E-state index in [1.165, 1.54) is 0 Å². The summed E-state index contributed by atoms with van der Waals surface area (Å²) in [5.74, 6) is 0.519. The third-order valence-electron chi connectivity index (χ3n) is 7.00. The van der Waals surface area contributed by atoms with Crippen LogP contribution in [0.25, 0.3) is 27.6 Å². The van der Waals surface area contributed by atoms with Crippen LogP contribution >= 0.6 is 15.9 Å². The van der Waals surface area contributed by atoms with Crippen LogP contribution in [0.5, 0.6) is 0 Å². The molecule has 1 aliphatic carbocycles. The van der Waals surface area contributed by atoms with Gasteiger partial charge in [0.1, 0.15) is 4.60 Å². The quantitative estimate of drug-likeness (QED) is 0.280. The van der Waals surface area contributed by atoms with E-state index in [0.717, 1.165) is 46.6 Å². The molecule has 3 heterocycles. The van der Waals surface area contributed by atoms with Gasteiger partial charge in [-0.25, -0.2) is 22.8 Å². The summed E-state index contributed by atoms with van der Waals surface area (Å²) in [5, 5.41) is 12.5. The Morgan fingerprint density at radius 1 is 1.29 bits per heavy atom. The summed E-state index contributed by atoms with van der Waals surface area (Å²) in [6.45, 7) is 2.24. The number of aromatic nitrogens is 5. The van der Waals surface area contributed by atoms with Crippen molar-refractivity contribution in [1.82, 2.24) is 34.8 Å². The van der Waals surface area contributed by atoms with Crippen LogP contribution in [-0.4, -0.2) is 64.9 Å². The van der Waals surface area contributed by atoms with Crippen LogP contribution in [0.3, 0.4) is 0 Å². The molecular formula is C25H29BrN8O3S. The van der Waals surface area contributed by atoms with Crippen molar-refractivity contribution in [2.75, 3.05) is 25.2 Å². The van der Waals surface area contributed by atoms with Gasteiger partial charge in [-0.05, 0) is 65.4 Å². The molecule has 0 saturated heterocycles. The Labute approximate surface area is 229 Å². The highest BCUT2D eigenvalue weighted by molar-refractivity contribution is 9.10. The molecule has 3 aromatic heterocycles. The Balaban J connectivity index is 1.49. The van der Waals surface area contributed by atoms with Crippen molar-refractivity contribution in [3.63, 3.8) is 0 Å². The van der Waals surface area contributed by atoms with Crippen molar-refractivity contribution < 1.29 is 13.2 Å². The number of amides is 1. The van der Waals surface area contributed by atoms with E-state index in [2.05, 4.69) is 46.4 Å². The molecule has 1 aliphatic rings.